The number of carbonyl (C=O) groups excluding carboxylic acids is 3. The number of nitrogens with zero attached hydrogens (tertiary/aromatic N) is 2. The Hall–Kier alpha value is -3.69. The second-order valence-corrected chi connectivity index (χ2v) is 8.29. The van der Waals surface area contributed by atoms with Gasteiger partial charge in [0.25, 0.3) is 11.7 Å². The molecule has 1 N–H and O–H groups in total. The molecule has 2 aliphatic heterocycles. The molecular weight excluding hydrogens is 452 g/mol. The monoisotopic (exact) mass is 480 g/mol. The SMILES string of the molecule is COC(=O)c1ccc([C@H]2/C(=C(\O)c3ccc(OC)cc3)C(=O)C(=O)N2CCN2CCOCC2)cc1. The van der Waals surface area contributed by atoms with E-state index in [-0.39, 0.29) is 11.3 Å². The number of hydrogen-bond donors (Lipinski definition) is 1. The van der Waals surface area contributed by atoms with E-state index in [9.17, 15) is 19.5 Å². The number of aliphatic hydroxyl groups is 1. The summed E-state index contributed by atoms with van der Waals surface area (Å²) in [7, 11) is 2.83. The van der Waals surface area contributed by atoms with Crippen LogP contribution in [0, 0.1) is 0 Å². The lowest BCUT2D eigenvalue weighted by Crippen LogP contribution is -2.42. The molecule has 1 amide bonds. The molecule has 184 valence electrons. The van der Waals surface area contributed by atoms with Gasteiger partial charge in [-0.3, -0.25) is 14.5 Å². The van der Waals surface area contributed by atoms with Crippen LogP contribution >= 0.6 is 0 Å². The smallest absolute Gasteiger partial charge is 0.337 e. The number of benzene rings is 2. The van der Waals surface area contributed by atoms with Crippen LogP contribution in [0.2, 0.25) is 0 Å². The molecule has 2 fully saturated rings. The van der Waals surface area contributed by atoms with Crippen molar-refractivity contribution < 1.29 is 33.7 Å². The lowest BCUT2D eigenvalue weighted by Gasteiger charge is -2.31. The maximum absolute atomic E-state index is 13.2. The van der Waals surface area contributed by atoms with Crippen LogP contribution in [0.15, 0.2) is 54.1 Å². The second-order valence-electron chi connectivity index (χ2n) is 8.29. The molecule has 2 aromatic carbocycles. The lowest BCUT2D eigenvalue weighted by molar-refractivity contribution is -0.140. The van der Waals surface area contributed by atoms with Crippen LogP contribution in [0.4, 0.5) is 0 Å². The second kappa shape index (κ2) is 10.7. The highest BCUT2D eigenvalue weighted by atomic mass is 16.5. The van der Waals surface area contributed by atoms with E-state index in [0.717, 1.165) is 13.1 Å². The van der Waals surface area contributed by atoms with Crippen molar-refractivity contribution >= 4 is 23.4 Å². The van der Waals surface area contributed by atoms with Gasteiger partial charge in [0.15, 0.2) is 0 Å². The molecule has 35 heavy (non-hydrogen) atoms. The molecule has 1 atom stereocenters. The Labute approximate surface area is 203 Å². The molecule has 0 aromatic heterocycles. The molecule has 2 aromatic rings. The molecule has 0 spiro atoms. The van der Waals surface area contributed by atoms with E-state index in [1.807, 2.05) is 0 Å². The van der Waals surface area contributed by atoms with Crippen LogP contribution in [0.25, 0.3) is 5.76 Å². The number of esters is 1. The Morgan fingerprint density at radius 3 is 2.20 bits per heavy atom. The fourth-order valence-corrected chi connectivity index (χ4v) is 4.35. The number of aliphatic hydroxyl groups excluding tert-OH is 1. The van der Waals surface area contributed by atoms with Gasteiger partial charge in [-0.05, 0) is 42.0 Å². The third kappa shape index (κ3) is 5.06. The topological polar surface area (TPSA) is 106 Å². The van der Waals surface area contributed by atoms with Crippen molar-refractivity contribution in [3.8, 4) is 5.75 Å². The molecule has 4 rings (SSSR count). The molecule has 0 bridgehead atoms. The molecule has 0 unspecified atom stereocenters. The van der Waals surface area contributed by atoms with Gasteiger partial charge in [0, 0.05) is 31.7 Å². The molecule has 2 saturated heterocycles. The fraction of sp³-hybridized carbons (Fsp3) is 0.346. The van der Waals surface area contributed by atoms with Crippen LogP contribution in [0.5, 0.6) is 5.75 Å². The third-order valence-corrected chi connectivity index (χ3v) is 6.31. The first kappa shape index (κ1) is 24.4. The summed E-state index contributed by atoms with van der Waals surface area (Å²) in [6, 6.07) is 12.3. The number of carbonyl (C=O) groups is 3. The van der Waals surface area contributed by atoms with Crippen molar-refractivity contribution in [3.63, 3.8) is 0 Å². The molecule has 0 radical (unpaired) electrons. The first-order chi connectivity index (χ1) is 16.9. The van der Waals surface area contributed by atoms with E-state index in [2.05, 4.69) is 4.90 Å². The highest BCUT2D eigenvalue weighted by Gasteiger charge is 2.46. The van der Waals surface area contributed by atoms with Gasteiger partial charge in [0.2, 0.25) is 0 Å². The summed E-state index contributed by atoms with van der Waals surface area (Å²) in [5, 5.41) is 11.2. The molecule has 0 saturated carbocycles. The number of hydrogen-bond acceptors (Lipinski definition) is 8. The van der Waals surface area contributed by atoms with E-state index >= 15 is 0 Å². The van der Waals surface area contributed by atoms with E-state index < -0.39 is 23.7 Å². The predicted octanol–water partition coefficient (Wildman–Crippen LogP) is 2.24. The number of morpholine rings is 1. The van der Waals surface area contributed by atoms with Crippen molar-refractivity contribution in [2.75, 3.05) is 53.6 Å². The zero-order valence-corrected chi connectivity index (χ0v) is 19.7. The van der Waals surface area contributed by atoms with Crippen molar-refractivity contribution in [1.82, 2.24) is 9.80 Å². The number of methoxy groups -OCH3 is 2. The molecule has 9 heteroatoms. The van der Waals surface area contributed by atoms with Crippen LogP contribution in [-0.4, -0.2) is 86.2 Å². The number of likely N-dealkylation sites (tertiary alicyclic amines) is 1. The van der Waals surface area contributed by atoms with Gasteiger partial charge in [0.05, 0.1) is 44.6 Å². The van der Waals surface area contributed by atoms with E-state index in [4.69, 9.17) is 14.2 Å². The van der Waals surface area contributed by atoms with Gasteiger partial charge in [-0.2, -0.15) is 0 Å². The minimum absolute atomic E-state index is 0.00737. The summed E-state index contributed by atoms with van der Waals surface area (Å²) in [5.74, 6) is -1.57. The van der Waals surface area contributed by atoms with Gasteiger partial charge in [-0.1, -0.05) is 12.1 Å². The number of amides is 1. The van der Waals surface area contributed by atoms with Gasteiger partial charge < -0.3 is 24.2 Å². The fourth-order valence-electron chi connectivity index (χ4n) is 4.35. The zero-order valence-electron chi connectivity index (χ0n) is 19.7. The number of ether oxygens (including phenoxy) is 3. The molecule has 9 nitrogen and oxygen atoms in total. The maximum Gasteiger partial charge on any atom is 0.337 e. The van der Waals surface area contributed by atoms with Gasteiger partial charge >= 0.3 is 5.97 Å². The Balaban J connectivity index is 1.73. The molecule has 0 aliphatic carbocycles. The summed E-state index contributed by atoms with van der Waals surface area (Å²) in [4.78, 5) is 41.8. The summed E-state index contributed by atoms with van der Waals surface area (Å²) >= 11 is 0. The number of ketones is 1. The number of rotatable bonds is 7. The summed E-state index contributed by atoms with van der Waals surface area (Å²) in [6.45, 7) is 3.59. The summed E-state index contributed by atoms with van der Waals surface area (Å²) < 4.78 is 15.3. The van der Waals surface area contributed by atoms with Crippen molar-refractivity contribution in [2.45, 2.75) is 6.04 Å². The first-order valence-corrected chi connectivity index (χ1v) is 11.4. The lowest BCUT2D eigenvalue weighted by atomic mass is 9.94. The van der Waals surface area contributed by atoms with Gasteiger partial charge in [0.1, 0.15) is 11.5 Å². The van der Waals surface area contributed by atoms with E-state index in [0.29, 0.717) is 48.7 Å². The van der Waals surface area contributed by atoms with E-state index in [1.54, 1.807) is 48.5 Å². The average Bonchev–Trinajstić information content (AvgIpc) is 3.16. The van der Waals surface area contributed by atoms with Crippen LogP contribution in [-0.2, 0) is 19.1 Å². The summed E-state index contributed by atoms with van der Waals surface area (Å²) in [5.41, 5.74) is 1.35. The number of Topliss-reactive ketones (excluding diaryl/α,β-unsaturated/α-hetero) is 1. The molecule has 2 aliphatic rings. The van der Waals surface area contributed by atoms with Crippen molar-refractivity contribution in [1.29, 1.82) is 0 Å². The average molecular weight is 481 g/mol. The maximum atomic E-state index is 13.2. The predicted molar refractivity (Wildman–Crippen MR) is 127 cm³/mol. The van der Waals surface area contributed by atoms with Crippen LogP contribution in [0.3, 0.4) is 0 Å². The van der Waals surface area contributed by atoms with Crippen molar-refractivity contribution in [2.24, 2.45) is 0 Å². The Morgan fingerprint density at radius 2 is 1.60 bits per heavy atom. The minimum Gasteiger partial charge on any atom is -0.507 e. The molecule has 2 heterocycles. The normalized spacial score (nSPS) is 20.2. The van der Waals surface area contributed by atoms with Crippen LogP contribution < -0.4 is 4.74 Å². The van der Waals surface area contributed by atoms with E-state index in [1.165, 1.54) is 19.1 Å². The van der Waals surface area contributed by atoms with Gasteiger partial charge in [-0.25, -0.2) is 4.79 Å². The van der Waals surface area contributed by atoms with Crippen molar-refractivity contribution in [3.05, 3.63) is 70.8 Å². The highest BCUT2D eigenvalue weighted by molar-refractivity contribution is 6.46. The van der Waals surface area contributed by atoms with Gasteiger partial charge in [-0.15, -0.1) is 0 Å². The molecular formula is C26H28N2O7. The Morgan fingerprint density at radius 1 is 0.971 bits per heavy atom. The van der Waals surface area contributed by atoms with Crippen LogP contribution in [0.1, 0.15) is 27.5 Å². The highest BCUT2D eigenvalue weighted by Crippen LogP contribution is 2.39. The summed E-state index contributed by atoms with van der Waals surface area (Å²) in [6.07, 6.45) is 0. The first-order valence-electron chi connectivity index (χ1n) is 11.4. The Bertz CT molecular complexity index is 1120. The standard InChI is InChI=1S/C26H28N2O7/c1-33-20-9-7-18(8-10-20)23(29)21-22(17-3-5-19(6-4-17)26(32)34-2)28(25(31)24(21)30)12-11-27-13-15-35-16-14-27/h3-10,22,29H,11-16H2,1-2H3/b23-21+/t22-/m0/s1. The third-order valence-electron chi connectivity index (χ3n) is 6.31. The minimum atomic E-state index is -0.801. The quantitative estimate of drug-likeness (QED) is 0.278. The largest absolute Gasteiger partial charge is 0.507 e. The Kier molecular flexibility index (Phi) is 7.48. The zero-order chi connectivity index (χ0) is 24.9.